The van der Waals surface area contributed by atoms with Gasteiger partial charge in [0.2, 0.25) is 5.88 Å². The molecule has 0 aromatic carbocycles. The van der Waals surface area contributed by atoms with Gasteiger partial charge in [-0.1, -0.05) is 0 Å². The fourth-order valence-electron chi connectivity index (χ4n) is 1.11. The van der Waals surface area contributed by atoms with Gasteiger partial charge in [-0.2, -0.15) is 13.2 Å². The quantitative estimate of drug-likeness (QED) is 0.808. The molecule has 8 heteroatoms. The molecule has 1 heterocycles. The van der Waals surface area contributed by atoms with Gasteiger partial charge in [-0.25, -0.2) is 4.98 Å². The predicted octanol–water partition coefficient (Wildman–Crippen LogP) is 1.66. The van der Waals surface area contributed by atoms with Crippen molar-refractivity contribution in [2.75, 3.05) is 12.5 Å². The largest absolute Gasteiger partial charge is 0.468 e. The molecule has 0 aliphatic heterocycles. The van der Waals surface area contributed by atoms with Crippen molar-refractivity contribution in [2.24, 2.45) is 0 Å². The number of nitrogens with zero attached hydrogens (tertiary/aromatic N) is 1. The highest BCUT2D eigenvalue weighted by atomic mass is 35.5. The second kappa shape index (κ2) is 6.21. The third kappa shape index (κ3) is 4.67. The zero-order chi connectivity index (χ0) is 13.8. The van der Waals surface area contributed by atoms with Crippen LogP contribution in [-0.2, 0) is 0 Å². The van der Waals surface area contributed by atoms with Crippen LogP contribution in [0.1, 0.15) is 11.7 Å². The minimum Gasteiger partial charge on any atom is -0.468 e. The molecule has 2 atom stereocenters. The highest BCUT2D eigenvalue weighted by molar-refractivity contribution is 6.18. The van der Waals surface area contributed by atoms with Crippen LogP contribution in [0, 0.1) is 0 Å². The Morgan fingerprint density at radius 1 is 1.33 bits per heavy atom. The normalized spacial score (nSPS) is 15.2. The molecular weight excluding hydrogens is 275 g/mol. The fourth-order valence-corrected chi connectivity index (χ4v) is 1.28. The van der Waals surface area contributed by atoms with Gasteiger partial charge in [-0.15, -0.1) is 11.6 Å². The summed E-state index contributed by atoms with van der Waals surface area (Å²) in [4.78, 5) is 3.58. The SMILES string of the molecule is OC(CCl)C(O)c1ccc(OCC(F)(F)F)nc1. The molecule has 4 nitrogen and oxygen atoms in total. The molecular formula is C10H11ClF3NO3. The highest BCUT2D eigenvalue weighted by Crippen LogP contribution is 2.20. The summed E-state index contributed by atoms with van der Waals surface area (Å²) < 4.78 is 40.0. The third-order valence-corrected chi connectivity index (χ3v) is 2.32. The molecule has 0 saturated carbocycles. The summed E-state index contributed by atoms with van der Waals surface area (Å²) in [6, 6.07) is 2.48. The van der Waals surface area contributed by atoms with Crippen molar-refractivity contribution in [3.05, 3.63) is 23.9 Å². The zero-order valence-electron chi connectivity index (χ0n) is 9.06. The van der Waals surface area contributed by atoms with Crippen molar-refractivity contribution in [3.63, 3.8) is 0 Å². The average Bonchev–Trinajstić information content (AvgIpc) is 2.34. The molecule has 2 unspecified atom stereocenters. The topological polar surface area (TPSA) is 62.6 Å². The van der Waals surface area contributed by atoms with Crippen LogP contribution in [0.25, 0.3) is 0 Å². The predicted molar refractivity (Wildman–Crippen MR) is 57.5 cm³/mol. The lowest BCUT2D eigenvalue weighted by atomic mass is 10.1. The van der Waals surface area contributed by atoms with E-state index >= 15 is 0 Å². The summed E-state index contributed by atoms with van der Waals surface area (Å²) in [5.41, 5.74) is 0.238. The van der Waals surface area contributed by atoms with Gasteiger partial charge in [0.05, 0.1) is 12.0 Å². The van der Waals surface area contributed by atoms with Gasteiger partial charge < -0.3 is 14.9 Å². The summed E-state index contributed by atoms with van der Waals surface area (Å²) in [5, 5.41) is 18.8. The molecule has 0 aliphatic carbocycles. The van der Waals surface area contributed by atoms with Crippen molar-refractivity contribution in [2.45, 2.75) is 18.4 Å². The molecule has 0 bridgehead atoms. The maximum atomic E-state index is 11.9. The van der Waals surface area contributed by atoms with Gasteiger partial charge in [0, 0.05) is 17.8 Å². The van der Waals surface area contributed by atoms with Gasteiger partial charge >= 0.3 is 6.18 Å². The number of rotatable bonds is 5. The molecule has 0 fully saturated rings. The van der Waals surface area contributed by atoms with Crippen molar-refractivity contribution in [1.29, 1.82) is 0 Å². The maximum absolute atomic E-state index is 11.9. The van der Waals surface area contributed by atoms with E-state index in [-0.39, 0.29) is 17.3 Å². The van der Waals surface area contributed by atoms with E-state index in [0.717, 1.165) is 6.20 Å². The fraction of sp³-hybridized carbons (Fsp3) is 0.500. The first kappa shape index (κ1) is 15.0. The molecule has 0 spiro atoms. The van der Waals surface area contributed by atoms with Crippen LogP contribution >= 0.6 is 11.6 Å². The number of aliphatic hydroxyl groups is 2. The van der Waals surface area contributed by atoms with Crippen LogP contribution in [-0.4, -0.2) is 40.0 Å². The van der Waals surface area contributed by atoms with Crippen molar-refractivity contribution < 1.29 is 28.1 Å². The Bertz CT molecular complexity index is 372. The van der Waals surface area contributed by atoms with E-state index in [1.165, 1.54) is 12.1 Å². The first-order valence-corrected chi connectivity index (χ1v) is 5.44. The Labute approximate surface area is 106 Å². The number of hydrogen-bond donors (Lipinski definition) is 2. The smallest absolute Gasteiger partial charge is 0.422 e. The van der Waals surface area contributed by atoms with E-state index < -0.39 is 25.0 Å². The van der Waals surface area contributed by atoms with E-state index in [0.29, 0.717) is 0 Å². The molecule has 1 rings (SSSR count). The molecule has 0 amide bonds. The molecule has 1 aromatic heterocycles. The van der Waals surface area contributed by atoms with E-state index in [1.807, 2.05) is 0 Å². The number of halogens is 4. The first-order valence-electron chi connectivity index (χ1n) is 4.91. The molecule has 102 valence electrons. The van der Waals surface area contributed by atoms with Gasteiger partial charge in [0.25, 0.3) is 0 Å². The average molecular weight is 286 g/mol. The van der Waals surface area contributed by atoms with Crippen LogP contribution in [0.2, 0.25) is 0 Å². The van der Waals surface area contributed by atoms with Crippen LogP contribution in [0.4, 0.5) is 13.2 Å². The van der Waals surface area contributed by atoms with E-state index in [1.54, 1.807) is 0 Å². The van der Waals surface area contributed by atoms with Gasteiger partial charge in [0.1, 0.15) is 6.10 Å². The number of aliphatic hydroxyl groups excluding tert-OH is 2. The lowest BCUT2D eigenvalue weighted by Crippen LogP contribution is -2.21. The number of hydrogen-bond acceptors (Lipinski definition) is 4. The lowest BCUT2D eigenvalue weighted by molar-refractivity contribution is -0.154. The Hall–Kier alpha value is -1.05. The minimum absolute atomic E-state index is 0.173. The van der Waals surface area contributed by atoms with E-state index in [4.69, 9.17) is 11.6 Å². The summed E-state index contributed by atoms with van der Waals surface area (Å²) >= 11 is 5.35. The number of pyridine rings is 1. The monoisotopic (exact) mass is 285 g/mol. The summed E-state index contributed by atoms with van der Waals surface area (Å²) in [7, 11) is 0. The Kier molecular flexibility index (Phi) is 5.18. The third-order valence-electron chi connectivity index (χ3n) is 2.01. The number of aromatic nitrogens is 1. The van der Waals surface area contributed by atoms with Gasteiger partial charge in [0.15, 0.2) is 6.61 Å². The molecule has 2 N–H and O–H groups in total. The Morgan fingerprint density at radius 2 is 2.00 bits per heavy atom. The van der Waals surface area contributed by atoms with Crippen LogP contribution in [0.5, 0.6) is 5.88 Å². The molecule has 0 radical (unpaired) electrons. The zero-order valence-corrected chi connectivity index (χ0v) is 9.82. The molecule has 0 saturated heterocycles. The van der Waals surface area contributed by atoms with E-state index in [9.17, 15) is 23.4 Å². The van der Waals surface area contributed by atoms with Crippen LogP contribution in [0.15, 0.2) is 18.3 Å². The lowest BCUT2D eigenvalue weighted by Gasteiger charge is -2.15. The highest BCUT2D eigenvalue weighted by Gasteiger charge is 2.28. The van der Waals surface area contributed by atoms with Gasteiger partial charge in [-0.05, 0) is 6.07 Å². The van der Waals surface area contributed by atoms with Crippen molar-refractivity contribution in [3.8, 4) is 5.88 Å². The molecule has 0 aliphatic rings. The molecule has 1 aromatic rings. The number of alkyl halides is 4. The van der Waals surface area contributed by atoms with Crippen LogP contribution in [0.3, 0.4) is 0 Å². The Morgan fingerprint density at radius 3 is 2.44 bits per heavy atom. The first-order chi connectivity index (χ1) is 8.33. The van der Waals surface area contributed by atoms with Crippen LogP contribution < -0.4 is 4.74 Å². The van der Waals surface area contributed by atoms with Crippen molar-refractivity contribution in [1.82, 2.24) is 4.98 Å². The van der Waals surface area contributed by atoms with E-state index in [2.05, 4.69) is 9.72 Å². The standard InChI is InChI=1S/C10H11ClF3NO3/c11-3-7(16)9(17)6-1-2-8(15-4-6)18-5-10(12,13)14/h1-2,4,7,9,16-17H,3,5H2. The second-order valence-electron chi connectivity index (χ2n) is 3.50. The van der Waals surface area contributed by atoms with Gasteiger partial charge in [-0.3, -0.25) is 0 Å². The Balaban J connectivity index is 2.63. The molecule has 18 heavy (non-hydrogen) atoms. The summed E-state index contributed by atoms with van der Waals surface area (Å²) in [6.45, 7) is -1.44. The summed E-state index contributed by atoms with van der Waals surface area (Å²) in [5.74, 6) is -0.392. The van der Waals surface area contributed by atoms with Crippen molar-refractivity contribution >= 4 is 11.6 Å². The second-order valence-corrected chi connectivity index (χ2v) is 3.81. The number of ether oxygens (including phenoxy) is 1. The minimum atomic E-state index is -4.44. The maximum Gasteiger partial charge on any atom is 0.422 e. The summed E-state index contributed by atoms with van der Waals surface area (Å²) in [6.07, 6.45) is -5.73.